The van der Waals surface area contributed by atoms with Gasteiger partial charge in [-0.25, -0.2) is 0 Å². The van der Waals surface area contributed by atoms with Crippen LogP contribution in [0, 0.1) is 0 Å². The Morgan fingerprint density at radius 2 is 1.12 bits per heavy atom. The second kappa shape index (κ2) is 13.4. The first-order chi connectivity index (χ1) is 23.3. The summed E-state index contributed by atoms with van der Waals surface area (Å²) < 4.78 is 14.4. The van der Waals surface area contributed by atoms with Crippen molar-refractivity contribution in [1.29, 1.82) is 0 Å². The van der Waals surface area contributed by atoms with Crippen LogP contribution in [0.2, 0.25) is 10.1 Å². The van der Waals surface area contributed by atoms with E-state index in [0.29, 0.717) is 5.71 Å². The Kier molecular flexibility index (Phi) is 9.56. The molecule has 0 saturated heterocycles. The predicted octanol–water partition coefficient (Wildman–Crippen LogP) is 5.52. The number of rotatable bonds is 9. The van der Waals surface area contributed by atoms with Gasteiger partial charge in [-0.2, -0.15) is 0 Å². The summed E-state index contributed by atoms with van der Waals surface area (Å²) in [5.74, 6) is -0.419. The Morgan fingerprint density at radius 3 is 1.53 bits per heavy atom. The van der Waals surface area contributed by atoms with Gasteiger partial charge in [0.2, 0.25) is 0 Å². The van der Waals surface area contributed by atoms with Crippen molar-refractivity contribution < 1.29 is 23.6 Å². The molecule has 254 valence electrons. The number of carbonyl (C=O) groups excluding carboxylic acids is 1. The highest BCUT2D eigenvalue weighted by molar-refractivity contribution is 7.00. The van der Waals surface area contributed by atoms with E-state index >= 15 is 0 Å². The molecule has 1 N–H and O–H groups in total. The van der Waals surface area contributed by atoms with Crippen molar-refractivity contribution in [2.75, 3.05) is 6.61 Å². The van der Waals surface area contributed by atoms with Crippen LogP contribution in [0.1, 0.15) is 48.0 Å². The van der Waals surface area contributed by atoms with Gasteiger partial charge in [0, 0.05) is 6.42 Å². The summed E-state index contributed by atoms with van der Waals surface area (Å²) in [6.45, 7) is 13.3. The summed E-state index contributed by atoms with van der Waals surface area (Å²) in [5.41, 5.74) is -1.38. The summed E-state index contributed by atoms with van der Waals surface area (Å²) >= 11 is 0. The van der Waals surface area contributed by atoms with E-state index in [1.54, 1.807) is 6.08 Å². The summed E-state index contributed by atoms with van der Waals surface area (Å²) in [6, 6.07) is 41.4. The molecule has 0 radical (unpaired) electrons. The minimum atomic E-state index is -3.04. The topological polar surface area (TPSA) is 77.3 Å². The van der Waals surface area contributed by atoms with E-state index in [4.69, 9.17) is 13.7 Å². The highest BCUT2D eigenvalue weighted by Crippen LogP contribution is 2.42. The van der Waals surface area contributed by atoms with E-state index in [-0.39, 0.29) is 23.1 Å². The summed E-state index contributed by atoms with van der Waals surface area (Å²) in [7, 11) is -5.94. The van der Waals surface area contributed by atoms with Gasteiger partial charge in [0.25, 0.3) is 16.6 Å². The molecule has 1 aliphatic carbocycles. The van der Waals surface area contributed by atoms with Crippen LogP contribution in [-0.4, -0.2) is 57.7 Å². The first kappa shape index (κ1) is 34.9. The Bertz CT molecular complexity index is 1720. The molecule has 4 aromatic carbocycles. The fourth-order valence-corrected chi connectivity index (χ4v) is 16.8. The molecule has 0 saturated carbocycles. The molecule has 6 nitrogen and oxygen atoms in total. The highest BCUT2D eigenvalue weighted by Gasteiger charge is 2.59. The zero-order valence-electron chi connectivity index (χ0n) is 29.3. The van der Waals surface area contributed by atoms with Crippen LogP contribution in [0.25, 0.3) is 0 Å². The van der Waals surface area contributed by atoms with Crippen LogP contribution in [0.3, 0.4) is 0 Å². The van der Waals surface area contributed by atoms with Crippen molar-refractivity contribution in [3.05, 3.63) is 133 Å². The first-order valence-electron chi connectivity index (χ1n) is 17.0. The normalized spacial score (nSPS) is 21.4. The van der Waals surface area contributed by atoms with Crippen LogP contribution < -0.4 is 20.7 Å². The molecule has 0 spiro atoms. The molecule has 0 aromatic heterocycles. The maximum atomic E-state index is 13.6. The van der Waals surface area contributed by atoms with E-state index in [1.807, 2.05) is 72.8 Å². The number of aliphatic hydroxyl groups is 1. The number of oxime groups is 1. The smallest absolute Gasteiger partial charge is 0.262 e. The third kappa shape index (κ3) is 6.21. The Balaban J connectivity index is 1.36. The second-order valence-corrected chi connectivity index (χ2v) is 23.8. The molecule has 0 bridgehead atoms. The summed E-state index contributed by atoms with van der Waals surface area (Å²) in [5, 5.41) is 20.7. The maximum Gasteiger partial charge on any atom is 0.262 e. The van der Waals surface area contributed by atoms with Gasteiger partial charge in [0.05, 0.1) is 12.3 Å². The van der Waals surface area contributed by atoms with Gasteiger partial charge in [0.15, 0.2) is 17.5 Å². The molecule has 49 heavy (non-hydrogen) atoms. The maximum absolute atomic E-state index is 13.6. The molecule has 4 aromatic rings. The number of hydrogen-bond acceptors (Lipinski definition) is 6. The van der Waals surface area contributed by atoms with E-state index < -0.39 is 40.2 Å². The number of fused-ring (bicyclic) bond motifs is 1. The van der Waals surface area contributed by atoms with Crippen LogP contribution in [0.15, 0.2) is 139 Å². The van der Waals surface area contributed by atoms with Crippen LogP contribution in [0.4, 0.5) is 0 Å². The van der Waals surface area contributed by atoms with Crippen molar-refractivity contribution in [2.45, 2.75) is 75.8 Å². The third-order valence-electron chi connectivity index (χ3n) is 10.0. The zero-order valence-corrected chi connectivity index (χ0v) is 31.3. The van der Waals surface area contributed by atoms with Gasteiger partial charge in [-0.15, -0.1) is 0 Å². The molecule has 0 fully saturated rings. The molecule has 3 atom stereocenters. The minimum Gasteiger partial charge on any atom is -0.402 e. The molecule has 0 amide bonds. The summed E-state index contributed by atoms with van der Waals surface area (Å²) in [6.07, 6.45) is 1.42. The Morgan fingerprint density at radius 1 is 0.714 bits per heavy atom. The molecule has 1 aliphatic heterocycles. The number of nitrogens with zero attached hydrogens (tertiary/aromatic N) is 1. The van der Waals surface area contributed by atoms with Crippen molar-refractivity contribution in [3.8, 4) is 0 Å². The molecular formula is C41H47NO5Si2. The van der Waals surface area contributed by atoms with Gasteiger partial charge >= 0.3 is 0 Å². The fourth-order valence-electron chi connectivity index (χ4n) is 7.68. The lowest BCUT2D eigenvalue weighted by Gasteiger charge is -2.48. The average Bonchev–Trinajstić information content (AvgIpc) is 3.09. The van der Waals surface area contributed by atoms with Gasteiger partial charge in [0.1, 0.15) is 6.10 Å². The summed E-state index contributed by atoms with van der Waals surface area (Å²) in [4.78, 5) is 19.8. The zero-order chi connectivity index (χ0) is 34.9. The van der Waals surface area contributed by atoms with Crippen molar-refractivity contribution in [1.82, 2.24) is 0 Å². The van der Waals surface area contributed by atoms with Crippen molar-refractivity contribution in [3.63, 3.8) is 0 Å². The van der Waals surface area contributed by atoms with Gasteiger partial charge in [-0.3, -0.25) is 4.79 Å². The molecule has 6 rings (SSSR count). The predicted molar refractivity (Wildman–Crippen MR) is 202 cm³/mol. The number of ketones is 1. The minimum absolute atomic E-state index is 0.0142. The highest BCUT2D eigenvalue weighted by atomic mass is 28.4. The second-order valence-electron chi connectivity index (χ2n) is 15.2. The van der Waals surface area contributed by atoms with Crippen LogP contribution >= 0.6 is 0 Å². The van der Waals surface area contributed by atoms with Gasteiger partial charge < -0.3 is 18.8 Å². The van der Waals surface area contributed by atoms with E-state index in [9.17, 15) is 9.90 Å². The molecular weight excluding hydrogens is 643 g/mol. The molecule has 8 heteroatoms. The van der Waals surface area contributed by atoms with E-state index in [0.717, 1.165) is 20.7 Å². The third-order valence-corrected chi connectivity index (χ3v) is 20.0. The fraction of sp³-hybridized carbons (Fsp3) is 0.317. The van der Waals surface area contributed by atoms with Gasteiger partial charge in [-0.1, -0.05) is 168 Å². The average molecular weight is 690 g/mol. The standard InChI is InChI=1S/C41H47NO5Si2/c1-39(2,3)48(32-19-11-7-12-20-32,33-21-13-8-14-22-33)45-30-31-29-41(44)37(43)28-27-36(38(41)46-42-31)47-49(40(4,5)6,34-23-15-9-16-24-34)35-25-17-10-18-26-35/h7-28,36,38,44H,29-30H2,1-6H3/t36-,38+,41+/m1/s1. The van der Waals surface area contributed by atoms with Crippen LogP contribution in [0.5, 0.6) is 0 Å². The van der Waals surface area contributed by atoms with Crippen molar-refractivity contribution in [2.24, 2.45) is 5.16 Å². The lowest BCUT2D eigenvalue weighted by molar-refractivity contribution is -0.169. The molecule has 2 aliphatic rings. The largest absolute Gasteiger partial charge is 0.402 e. The lowest BCUT2D eigenvalue weighted by atomic mass is 9.79. The monoisotopic (exact) mass is 689 g/mol. The van der Waals surface area contributed by atoms with E-state index in [2.05, 4.69) is 95.2 Å². The Hall–Kier alpha value is -3.93. The lowest BCUT2D eigenvalue weighted by Crippen LogP contribution is -2.70. The SMILES string of the molecule is CC(C)(C)[Si](OCC1=NO[C@H]2[C@H](O[Si](c3ccccc3)(c3ccccc3)C(C)(C)C)C=CC(=O)[C@@]2(O)C1)(c1ccccc1)c1ccccc1. The van der Waals surface area contributed by atoms with Gasteiger partial charge in [-0.05, 0) is 43.0 Å². The number of carbonyl (C=O) groups is 1. The molecule has 1 heterocycles. The van der Waals surface area contributed by atoms with E-state index in [1.165, 1.54) is 6.08 Å². The quantitative estimate of drug-likeness (QED) is 0.234. The number of benzene rings is 4. The molecule has 0 unspecified atom stereocenters. The van der Waals surface area contributed by atoms with Crippen LogP contribution in [-0.2, 0) is 18.5 Å². The van der Waals surface area contributed by atoms with Crippen molar-refractivity contribution >= 4 is 48.9 Å². The number of hydrogen-bond donors (Lipinski definition) is 1. The first-order valence-corrected chi connectivity index (χ1v) is 20.8. The Labute approximate surface area is 292 Å².